The van der Waals surface area contributed by atoms with Gasteiger partial charge in [-0.05, 0) is 20.8 Å². The molecule has 3 fully saturated rings. The molecule has 0 aromatic rings. The first kappa shape index (κ1) is 25.3. The van der Waals surface area contributed by atoms with Crippen molar-refractivity contribution >= 4 is 0 Å². The van der Waals surface area contributed by atoms with Crippen LogP contribution in [0.2, 0.25) is 0 Å². The Hall–Kier alpha value is -0.360. The Bertz CT molecular complexity index is 549. The smallest absolute Gasteiger partial charge is 0.161 e. The third-order valence-corrected chi connectivity index (χ3v) is 6.74. The van der Waals surface area contributed by atoms with Crippen molar-refractivity contribution < 1.29 is 43.0 Å². The van der Waals surface area contributed by atoms with Crippen LogP contribution in [-0.4, -0.2) is 101 Å². The van der Waals surface area contributed by atoms with Crippen LogP contribution >= 0.6 is 0 Å². The molecule has 3 saturated heterocycles. The van der Waals surface area contributed by atoms with Gasteiger partial charge in [0, 0.05) is 40.1 Å². The van der Waals surface area contributed by atoms with E-state index in [1.807, 2.05) is 20.8 Å². The molecular weight excluding hydrogens is 408 g/mol. The molecule has 0 spiro atoms. The molecule has 0 aromatic carbocycles. The van der Waals surface area contributed by atoms with E-state index in [1.165, 1.54) is 0 Å². The van der Waals surface area contributed by atoms with Crippen molar-refractivity contribution in [3.63, 3.8) is 0 Å². The van der Waals surface area contributed by atoms with Crippen molar-refractivity contribution in [1.29, 1.82) is 0 Å². The quantitative estimate of drug-likeness (QED) is 0.622. The predicted octanol–water partition coefficient (Wildman–Crippen LogP) is 1.49. The number of ether oxygens (including phenoxy) is 8. The average molecular weight is 449 g/mol. The maximum absolute atomic E-state index is 10.2. The molecule has 1 N–H and O–H groups in total. The first-order valence-corrected chi connectivity index (χ1v) is 11.3. The number of hydrogen-bond acceptors (Lipinski definition) is 9. The molecule has 0 aliphatic carbocycles. The van der Waals surface area contributed by atoms with Gasteiger partial charge in [-0.2, -0.15) is 0 Å². The number of aliphatic hydroxyl groups is 1. The third kappa shape index (κ3) is 5.77. The van der Waals surface area contributed by atoms with Gasteiger partial charge in [0.05, 0.1) is 43.2 Å². The SMILES string of the molecule is COC1CC(OC2C(C)OC(OC3C(C)OCC(C)C3OC)CC2OC)OC(C)C1O. The van der Waals surface area contributed by atoms with E-state index in [1.54, 1.807) is 21.3 Å². The minimum Gasteiger partial charge on any atom is -0.388 e. The summed E-state index contributed by atoms with van der Waals surface area (Å²) in [5, 5.41) is 10.2. The maximum atomic E-state index is 10.2. The Morgan fingerprint density at radius 2 is 1.26 bits per heavy atom. The highest BCUT2D eigenvalue weighted by atomic mass is 16.7. The molecule has 3 aliphatic heterocycles. The van der Waals surface area contributed by atoms with Gasteiger partial charge in [-0.3, -0.25) is 0 Å². The lowest BCUT2D eigenvalue weighted by Gasteiger charge is -2.46. The molecule has 0 radical (unpaired) electrons. The number of aliphatic hydroxyl groups excluding tert-OH is 1. The van der Waals surface area contributed by atoms with Crippen LogP contribution in [0, 0.1) is 5.92 Å². The van der Waals surface area contributed by atoms with Crippen molar-refractivity contribution in [2.24, 2.45) is 5.92 Å². The van der Waals surface area contributed by atoms with Gasteiger partial charge < -0.3 is 43.0 Å². The fourth-order valence-corrected chi connectivity index (χ4v) is 4.83. The van der Waals surface area contributed by atoms with Gasteiger partial charge in [-0.25, -0.2) is 0 Å². The molecular formula is C22H40O9. The minimum absolute atomic E-state index is 0.0628. The second-order valence-corrected chi connectivity index (χ2v) is 8.97. The zero-order valence-corrected chi connectivity index (χ0v) is 19.8. The van der Waals surface area contributed by atoms with E-state index in [4.69, 9.17) is 37.9 Å². The van der Waals surface area contributed by atoms with Crippen LogP contribution in [0.4, 0.5) is 0 Å². The van der Waals surface area contributed by atoms with Crippen molar-refractivity contribution in [2.45, 2.75) is 108 Å². The van der Waals surface area contributed by atoms with E-state index in [0.717, 1.165) is 0 Å². The van der Waals surface area contributed by atoms with Crippen LogP contribution in [0.1, 0.15) is 40.5 Å². The largest absolute Gasteiger partial charge is 0.388 e. The third-order valence-electron chi connectivity index (χ3n) is 6.74. The van der Waals surface area contributed by atoms with Crippen LogP contribution in [0.5, 0.6) is 0 Å². The Labute approximate surface area is 185 Å². The summed E-state index contributed by atoms with van der Waals surface area (Å²) in [5.41, 5.74) is 0. The van der Waals surface area contributed by atoms with E-state index >= 15 is 0 Å². The van der Waals surface area contributed by atoms with Crippen LogP contribution in [0.15, 0.2) is 0 Å². The lowest BCUT2D eigenvalue weighted by molar-refractivity contribution is -0.329. The Kier molecular flexibility index (Phi) is 9.11. The normalized spacial score (nSPS) is 49.2. The second kappa shape index (κ2) is 11.2. The fourth-order valence-electron chi connectivity index (χ4n) is 4.83. The van der Waals surface area contributed by atoms with Gasteiger partial charge in [0.25, 0.3) is 0 Å². The lowest BCUT2D eigenvalue weighted by Crippen LogP contribution is -2.57. The Balaban J connectivity index is 1.62. The van der Waals surface area contributed by atoms with Crippen molar-refractivity contribution in [2.75, 3.05) is 27.9 Å². The molecule has 12 unspecified atom stereocenters. The summed E-state index contributed by atoms with van der Waals surface area (Å²) in [4.78, 5) is 0. The van der Waals surface area contributed by atoms with Crippen molar-refractivity contribution in [3.8, 4) is 0 Å². The molecule has 3 aliphatic rings. The summed E-state index contributed by atoms with van der Waals surface area (Å²) in [7, 11) is 4.95. The average Bonchev–Trinajstić information content (AvgIpc) is 2.74. The van der Waals surface area contributed by atoms with Crippen molar-refractivity contribution in [1.82, 2.24) is 0 Å². The number of methoxy groups -OCH3 is 3. The lowest BCUT2D eigenvalue weighted by atomic mass is 9.93. The summed E-state index contributed by atoms with van der Waals surface area (Å²) in [6.07, 6.45) is -2.68. The molecule has 0 bridgehead atoms. The summed E-state index contributed by atoms with van der Waals surface area (Å²) < 4.78 is 47.3. The highest BCUT2D eigenvalue weighted by Crippen LogP contribution is 2.33. The van der Waals surface area contributed by atoms with Gasteiger partial charge in [0.15, 0.2) is 12.6 Å². The van der Waals surface area contributed by atoms with E-state index in [-0.39, 0.29) is 54.7 Å². The van der Waals surface area contributed by atoms with Gasteiger partial charge in [-0.15, -0.1) is 0 Å². The maximum Gasteiger partial charge on any atom is 0.161 e. The Morgan fingerprint density at radius 1 is 0.677 bits per heavy atom. The highest BCUT2D eigenvalue weighted by molar-refractivity contribution is 4.89. The first-order valence-electron chi connectivity index (χ1n) is 11.3. The molecule has 182 valence electrons. The van der Waals surface area contributed by atoms with E-state index in [2.05, 4.69) is 6.92 Å². The van der Waals surface area contributed by atoms with Crippen LogP contribution < -0.4 is 0 Å². The molecule has 3 heterocycles. The predicted molar refractivity (Wildman–Crippen MR) is 111 cm³/mol. The highest BCUT2D eigenvalue weighted by Gasteiger charge is 2.45. The van der Waals surface area contributed by atoms with Crippen LogP contribution in [0.3, 0.4) is 0 Å². The Morgan fingerprint density at radius 3 is 1.87 bits per heavy atom. The zero-order chi connectivity index (χ0) is 22.7. The van der Waals surface area contributed by atoms with E-state index < -0.39 is 18.7 Å². The summed E-state index contributed by atoms with van der Waals surface area (Å²) in [5.74, 6) is 0.232. The van der Waals surface area contributed by atoms with Crippen LogP contribution in [0.25, 0.3) is 0 Å². The first-order chi connectivity index (χ1) is 14.8. The molecule has 0 aromatic heterocycles. The summed E-state index contributed by atoms with van der Waals surface area (Å²) in [6, 6.07) is 0. The van der Waals surface area contributed by atoms with Gasteiger partial charge >= 0.3 is 0 Å². The molecule has 3 rings (SSSR count). The van der Waals surface area contributed by atoms with Gasteiger partial charge in [0.1, 0.15) is 18.3 Å². The fraction of sp³-hybridized carbons (Fsp3) is 1.00. The molecule has 0 amide bonds. The number of hydrogen-bond donors (Lipinski definition) is 1. The minimum atomic E-state index is -0.684. The van der Waals surface area contributed by atoms with Crippen molar-refractivity contribution in [3.05, 3.63) is 0 Å². The van der Waals surface area contributed by atoms with E-state index in [0.29, 0.717) is 19.4 Å². The molecule has 0 saturated carbocycles. The zero-order valence-electron chi connectivity index (χ0n) is 19.8. The second-order valence-electron chi connectivity index (χ2n) is 8.97. The molecule has 9 nitrogen and oxygen atoms in total. The number of rotatable bonds is 7. The topological polar surface area (TPSA) is 94.1 Å². The standard InChI is InChI=1S/C22H40O9/c1-11-10-27-13(3)22(20(11)26-7)31-18-9-16(25-6)21(14(4)29-18)30-17-8-15(24-5)19(23)12(2)28-17/h11-23H,8-10H2,1-7H3. The van der Waals surface area contributed by atoms with E-state index in [9.17, 15) is 5.11 Å². The molecule has 12 atom stereocenters. The molecule has 9 heteroatoms. The van der Waals surface area contributed by atoms with Crippen LogP contribution in [-0.2, 0) is 37.9 Å². The summed E-state index contributed by atoms with van der Waals surface area (Å²) in [6.45, 7) is 8.49. The van der Waals surface area contributed by atoms with Gasteiger partial charge in [0.2, 0.25) is 0 Å². The molecule has 31 heavy (non-hydrogen) atoms. The monoisotopic (exact) mass is 448 g/mol. The summed E-state index contributed by atoms with van der Waals surface area (Å²) >= 11 is 0. The van der Waals surface area contributed by atoms with Gasteiger partial charge in [-0.1, -0.05) is 6.92 Å².